The Balaban J connectivity index is 1.96. The number of nitrogens with zero attached hydrogens (tertiary/aromatic N) is 1. The predicted octanol–water partition coefficient (Wildman–Crippen LogP) is 1.71. The normalized spacial score (nSPS) is 16.8. The van der Waals surface area contributed by atoms with E-state index in [1.165, 1.54) is 31.3 Å². The zero-order valence-electron chi connectivity index (χ0n) is 9.36. The molecule has 16 heavy (non-hydrogen) atoms. The van der Waals surface area contributed by atoms with Gasteiger partial charge in [-0.3, -0.25) is 9.78 Å². The van der Waals surface area contributed by atoms with E-state index in [2.05, 4.69) is 17.2 Å². The van der Waals surface area contributed by atoms with E-state index in [9.17, 15) is 9.90 Å². The Morgan fingerprint density at radius 2 is 2.38 bits per heavy atom. The van der Waals surface area contributed by atoms with Gasteiger partial charge in [0, 0.05) is 12.7 Å². The fraction of sp³-hybridized carbons (Fsp3) is 0.500. The molecule has 1 saturated carbocycles. The Bertz CT molecular complexity index is 400. The second-order valence-electron chi connectivity index (χ2n) is 4.43. The molecule has 0 aliphatic heterocycles. The van der Waals surface area contributed by atoms with Gasteiger partial charge < -0.3 is 10.4 Å². The maximum absolute atomic E-state index is 11.8. The number of hydrogen-bond acceptors (Lipinski definition) is 3. The Labute approximate surface area is 94.7 Å². The standard InChI is InChI=1S/C12H16N2O2/c1-2-12(4-5-12)8-14-11(16)9-3-6-13-7-10(9)15/h3,6-7,15H,2,4-5,8H2,1H3,(H,14,16). The van der Waals surface area contributed by atoms with Gasteiger partial charge in [0.1, 0.15) is 5.75 Å². The molecule has 0 saturated heterocycles. The summed E-state index contributed by atoms with van der Waals surface area (Å²) in [5.74, 6) is -0.291. The number of hydrogen-bond donors (Lipinski definition) is 2. The van der Waals surface area contributed by atoms with Crippen LogP contribution in [0.4, 0.5) is 0 Å². The van der Waals surface area contributed by atoms with E-state index >= 15 is 0 Å². The highest BCUT2D eigenvalue weighted by Crippen LogP contribution is 2.47. The number of rotatable bonds is 4. The second kappa shape index (κ2) is 4.12. The van der Waals surface area contributed by atoms with Gasteiger partial charge in [-0.1, -0.05) is 6.92 Å². The summed E-state index contributed by atoms with van der Waals surface area (Å²) in [5.41, 5.74) is 0.611. The van der Waals surface area contributed by atoms with Crippen molar-refractivity contribution in [2.45, 2.75) is 26.2 Å². The molecule has 0 radical (unpaired) electrons. The molecule has 4 heteroatoms. The van der Waals surface area contributed by atoms with Gasteiger partial charge in [0.15, 0.2) is 0 Å². The summed E-state index contributed by atoms with van der Waals surface area (Å²) in [5, 5.41) is 12.3. The van der Waals surface area contributed by atoms with Crippen molar-refractivity contribution >= 4 is 5.91 Å². The number of nitrogens with one attached hydrogen (secondary N) is 1. The Hall–Kier alpha value is -1.58. The van der Waals surface area contributed by atoms with Gasteiger partial charge in [0.25, 0.3) is 5.91 Å². The quantitative estimate of drug-likeness (QED) is 0.812. The van der Waals surface area contributed by atoms with E-state index in [0.717, 1.165) is 6.42 Å². The van der Waals surface area contributed by atoms with Crippen LogP contribution in [0.5, 0.6) is 5.75 Å². The van der Waals surface area contributed by atoms with Crippen LogP contribution in [0, 0.1) is 5.41 Å². The van der Waals surface area contributed by atoms with Crippen LogP contribution in [0.1, 0.15) is 36.5 Å². The maximum Gasteiger partial charge on any atom is 0.255 e. The van der Waals surface area contributed by atoms with E-state index in [1.807, 2.05) is 0 Å². The van der Waals surface area contributed by atoms with Crippen molar-refractivity contribution in [3.8, 4) is 5.75 Å². The van der Waals surface area contributed by atoms with Crippen molar-refractivity contribution in [2.24, 2.45) is 5.41 Å². The fourth-order valence-electron chi connectivity index (χ4n) is 1.77. The smallest absolute Gasteiger partial charge is 0.255 e. The van der Waals surface area contributed by atoms with E-state index < -0.39 is 0 Å². The zero-order valence-corrected chi connectivity index (χ0v) is 9.36. The van der Waals surface area contributed by atoms with Crippen LogP contribution in [0.3, 0.4) is 0 Å². The minimum atomic E-state index is -0.223. The first-order valence-electron chi connectivity index (χ1n) is 5.58. The highest BCUT2D eigenvalue weighted by molar-refractivity contribution is 5.96. The SMILES string of the molecule is CCC1(CNC(=O)c2ccncc2O)CC1. The summed E-state index contributed by atoms with van der Waals surface area (Å²) < 4.78 is 0. The van der Waals surface area contributed by atoms with Crippen LogP contribution >= 0.6 is 0 Å². The van der Waals surface area contributed by atoms with E-state index in [1.54, 1.807) is 0 Å². The molecule has 86 valence electrons. The molecule has 1 aromatic heterocycles. The monoisotopic (exact) mass is 220 g/mol. The molecule has 1 aliphatic carbocycles. The second-order valence-corrected chi connectivity index (χ2v) is 4.43. The van der Waals surface area contributed by atoms with Crippen molar-refractivity contribution in [1.29, 1.82) is 0 Å². The highest BCUT2D eigenvalue weighted by atomic mass is 16.3. The largest absolute Gasteiger partial charge is 0.505 e. The molecule has 1 fully saturated rings. The van der Waals surface area contributed by atoms with Crippen molar-refractivity contribution in [3.63, 3.8) is 0 Å². The molecule has 1 amide bonds. The first-order valence-corrected chi connectivity index (χ1v) is 5.58. The predicted molar refractivity (Wildman–Crippen MR) is 60.2 cm³/mol. The molecule has 2 N–H and O–H groups in total. The zero-order chi connectivity index (χ0) is 11.6. The average Bonchev–Trinajstić information content (AvgIpc) is 3.07. The third-order valence-electron chi connectivity index (χ3n) is 3.38. The van der Waals surface area contributed by atoms with Crippen LogP contribution in [0.15, 0.2) is 18.5 Å². The fourth-order valence-corrected chi connectivity index (χ4v) is 1.77. The van der Waals surface area contributed by atoms with E-state index in [4.69, 9.17) is 0 Å². The third-order valence-corrected chi connectivity index (χ3v) is 3.38. The van der Waals surface area contributed by atoms with Gasteiger partial charge >= 0.3 is 0 Å². The lowest BCUT2D eigenvalue weighted by Crippen LogP contribution is -2.30. The first-order chi connectivity index (χ1) is 7.67. The molecule has 0 unspecified atom stereocenters. The number of aromatic nitrogens is 1. The van der Waals surface area contributed by atoms with Crippen molar-refractivity contribution in [1.82, 2.24) is 10.3 Å². The molecule has 0 aromatic carbocycles. The van der Waals surface area contributed by atoms with Crippen LogP contribution in [-0.2, 0) is 0 Å². The molecule has 4 nitrogen and oxygen atoms in total. The molecular formula is C12H16N2O2. The summed E-state index contributed by atoms with van der Waals surface area (Å²) >= 11 is 0. The van der Waals surface area contributed by atoms with Crippen LogP contribution < -0.4 is 5.32 Å². The molecule has 0 atom stereocenters. The summed E-state index contributed by atoms with van der Waals surface area (Å²) in [6.07, 6.45) is 6.25. The third kappa shape index (κ3) is 2.15. The number of aromatic hydroxyl groups is 1. The first kappa shape index (κ1) is 10.9. The van der Waals surface area contributed by atoms with Gasteiger partial charge in [0.05, 0.1) is 11.8 Å². The summed E-state index contributed by atoms with van der Waals surface area (Å²) in [6.45, 7) is 2.84. The topological polar surface area (TPSA) is 62.2 Å². The molecule has 0 spiro atoms. The van der Waals surface area contributed by atoms with Crippen molar-refractivity contribution in [2.75, 3.05) is 6.54 Å². The van der Waals surface area contributed by atoms with Gasteiger partial charge in [-0.05, 0) is 30.7 Å². The van der Waals surface area contributed by atoms with Crippen LogP contribution in [0.2, 0.25) is 0 Å². The Morgan fingerprint density at radius 3 is 2.94 bits per heavy atom. The number of carbonyl (C=O) groups excluding carboxylic acids is 1. The highest BCUT2D eigenvalue weighted by Gasteiger charge is 2.40. The summed E-state index contributed by atoms with van der Waals surface area (Å²) in [6, 6.07) is 1.52. The number of pyridine rings is 1. The summed E-state index contributed by atoms with van der Waals surface area (Å²) in [7, 11) is 0. The molecule has 1 aromatic rings. The maximum atomic E-state index is 11.8. The number of carbonyl (C=O) groups is 1. The Kier molecular flexibility index (Phi) is 2.81. The van der Waals surface area contributed by atoms with Crippen molar-refractivity contribution in [3.05, 3.63) is 24.0 Å². The molecule has 1 heterocycles. The van der Waals surface area contributed by atoms with E-state index in [0.29, 0.717) is 17.5 Å². The average molecular weight is 220 g/mol. The molecular weight excluding hydrogens is 204 g/mol. The van der Waals surface area contributed by atoms with Gasteiger partial charge in [-0.15, -0.1) is 0 Å². The van der Waals surface area contributed by atoms with Gasteiger partial charge in [0.2, 0.25) is 0 Å². The van der Waals surface area contributed by atoms with Gasteiger partial charge in [-0.2, -0.15) is 0 Å². The van der Waals surface area contributed by atoms with Crippen molar-refractivity contribution < 1.29 is 9.90 Å². The lowest BCUT2D eigenvalue weighted by atomic mass is 10.0. The molecule has 1 aliphatic rings. The van der Waals surface area contributed by atoms with Gasteiger partial charge in [-0.25, -0.2) is 0 Å². The lowest BCUT2D eigenvalue weighted by molar-refractivity contribution is 0.0941. The molecule has 2 rings (SSSR count). The van der Waals surface area contributed by atoms with E-state index in [-0.39, 0.29) is 11.7 Å². The summed E-state index contributed by atoms with van der Waals surface area (Å²) in [4.78, 5) is 15.5. The Morgan fingerprint density at radius 1 is 1.62 bits per heavy atom. The number of amides is 1. The minimum absolute atomic E-state index is 0.0682. The molecule has 0 bridgehead atoms. The van der Waals surface area contributed by atoms with Crippen LogP contribution in [-0.4, -0.2) is 22.5 Å². The van der Waals surface area contributed by atoms with Crippen LogP contribution in [0.25, 0.3) is 0 Å². The minimum Gasteiger partial charge on any atom is -0.505 e. The lowest BCUT2D eigenvalue weighted by Gasteiger charge is -2.13.